The molecule has 0 bridgehead atoms. The second-order valence-corrected chi connectivity index (χ2v) is 7.42. The number of amides is 1. The molecule has 2 N–H and O–H groups in total. The molecule has 1 saturated heterocycles. The van der Waals surface area contributed by atoms with Gasteiger partial charge in [-0.2, -0.15) is 0 Å². The lowest BCUT2D eigenvalue weighted by Gasteiger charge is -2.28. The van der Waals surface area contributed by atoms with E-state index in [1.807, 2.05) is 18.3 Å². The average Bonchev–Trinajstić information content (AvgIpc) is 2.75. The van der Waals surface area contributed by atoms with Crippen LogP contribution < -0.4 is 15.5 Å². The molecule has 1 amide bonds. The van der Waals surface area contributed by atoms with E-state index in [1.165, 1.54) is 0 Å². The van der Waals surface area contributed by atoms with Crippen LogP contribution in [0, 0.1) is 0 Å². The van der Waals surface area contributed by atoms with E-state index in [9.17, 15) is 4.79 Å². The number of carbonyl (C=O) groups excluding carboxylic acids is 1. The molecule has 1 fully saturated rings. The van der Waals surface area contributed by atoms with E-state index in [2.05, 4.69) is 25.5 Å². The van der Waals surface area contributed by atoms with Gasteiger partial charge in [-0.1, -0.05) is 29.3 Å². The van der Waals surface area contributed by atoms with E-state index < -0.39 is 5.91 Å². The molecule has 3 aromatic rings. The summed E-state index contributed by atoms with van der Waals surface area (Å²) in [5, 5.41) is 6.51. The molecule has 154 valence electrons. The van der Waals surface area contributed by atoms with Crippen molar-refractivity contribution in [1.29, 1.82) is 0 Å². The van der Waals surface area contributed by atoms with Gasteiger partial charge in [-0.15, -0.1) is 0 Å². The summed E-state index contributed by atoms with van der Waals surface area (Å²) in [4.78, 5) is 23.5. The van der Waals surface area contributed by atoms with Crippen molar-refractivity contribution in [2.75, 3.05) is 41.8 Å². The Balaban J connectivity index is 1.44. The molecule has 3 heterocycles. The number of pyridine rings is 2. The number of ether oxygens (including phenoxy) is 1. The molecule has 30 heavy (non-hydrogen) atoms. The summed E-state index contributed by atoms with van der Waals surface area (Å²) in [6.07, 6.45) is 3.41. The van der Waals surface area contributed by atoms with Crippen molar-refractivity contribution in [2.24, 2.45) is 0 Å². The van der Waals surface area contributed by atoms with Gasteiger partial charge in [0.2, 0.25) is 0 Å². The van der Waals surface area contributed by atoms with Crippen LogP contribution in [-0.2, 0) is 4.74 Å². The minimum absolute atomic E-state index is 0.229. The van der Waals surface area contributed by atoms with Crippen molar-refractivity contribution in [2.45, 2.75) is 0 Å². The highest BCUT2D eigenvalue weighted by Crippen LogP contribution is 2.26. The fraction of sp³-hybridized carbons (Fsp3) is 0.190. The highest BCUT2D eigenvalue weighted by atomic mass is 35.5. The third kappa shape index (κ3) is 4.81. The first kappa shape index (κ1) is 20.4. The number of halogens is 2. The van der Waals surface area contributed by atoms with Crippen molar-refractivity contribution in [3.05, 3.63) is 70.5 Å². The summed E-state index contributed by atoms with van der Waals surface area (Å²) in [6.45, 7) is 3.16. The topological polar surface area (TPSA) is 79.4 Å². The molecule has 1 aliphatic heterocycles. The van der Waals surface area contributed by atoms with E-state index in [0.29, 0.717) is 17.3 Å². The van der Waals surface area contributed by atoms with Crippen LogP contribution in [0.3, 0.4) is 0 Å². The van der Waals surface area contributed by atoms with Crippen molar-refractivity contribution >= 4 is 52.1 Å². The van der Waals surface area contributed by atoms with Crippen LogP contribution in [0.15, 0.2) is 54.9 Å². The van der Waals surface area contributed by atoms with E-state index in [4.69, 9.17) is 27.9 Å². The Morgan fingerprint density at radius 2 is 1.77 bits per heavy atom. The molecule has 0 unspecified atom stereocenters. The van der Waals surface area contributed by atoms with E-state index in [1.54, 1.807) is 36.5 Å². The molecular formula is C21H19Cl2N5O2. The quantitative estimate of drug-likeness (QED) is 0.598. The number of morpholine rings is 1. The predicted octanol–water partition coefficient (Wildman–Crippen LogP) is 4.62. The SMILES string of the molecule is O=C(Nc1ccnc(Nc2ccc(N3CCOCC3)cn2)c1)c1c(Cl)cccc1Cl. The Morgan fingerprint density at radius 3 is 2.47 bits per heavy atom. The molecule has 1 aliphatic rings. The number of rotatable bonds is 5. The normalized spacial score (nSPS) is 13.7. The van der Waals surface area contributed by atoms with Crippen molar-refractivity contribution < 1.29 is 9.53 Å². The van der Waals surface area contributed by atoms with Gasteiger partial charge in [-0.25, -0.2) is 9.97 Å². The van der Waals surface area contributed by atoms with Crippen molar-refractivity contribution in [3.8, 4) is 0 Å². The predicted molar refractivity (Wildman–Crippen MR) is 119 cm³/mol. The van der Waals surface area contributed by atoms with E-state index in [-0.39, 0.29) is 15.6 Å². The maximum atomic E-state index is 12.6. The first-order valence-corrected chi connectivity index (χ1v) is 10.1. The average molecular weight is 444 g/mol. The molecular weight excluding hydrogens is 425 g/mol. The lowest BCUT2D eigenvalue weighted by molar-refractivity contribution is 0.102. The minimum Gasteiger partial charge on any atom is -0.378 e. The van der Waals surface area contributed by atoms with Gasteiger partial charge >= 0.3 is 0 Å². The fourth-order valence-corrected chi connectivity index (χ4v) is 3.65. The highest BCUT2D eigenvalue weighted by Gasteiger charge is 2.15. The van der Waals surface area contributed by atoms with Gasteiger partial charge in [0.25, 0.3) is 5.91 Å². The first-order chi connectivity index (χ1) is 14.6. The Morgan fingerprint density at radius 1 is 1.00 bits per heavy atom. The van der Waals surface area contributed by atoms with Gasteiger partial charge in [0.05, 0.1) is 40.7 Å². The smallest absolute Gasteiger partial charge is 0.258 e. The van der Waals surface area contributed by atoms with Crippen LogP contribution in [0.25, 0.3) is 0 Å². The van der Waals surface area contributed by atoms with Crippen LogP contribution in [-0.4, -0.2) is 42.2 Å². The number of nitrogens with one attached hydrogen (secondary N) is 2. The van der Waals surface area contributed by atoms with Gasteiger partial charge in [-0.05, 0) is 30.3 Å². The number of carbonyl (C=O) groups is 1. The summed E-state index contributed by atoms with van der Waals surface area (Å²) in [6, 6.07) is 12.2. The summed E-state index contributed by atoms with van der Waals surface area (Å²) < 4.78 is 5.38. The Bertz CT molecular complexity index is 1020. The molecule has 1 aromatic carbocycles. The molecule has 4 rings (SSSR count). The van der Waals surface area contributed by atoms with E-state index >= 15 is 0 Å². The van der Waals surface area contributed by atoms with Gasteiger partial charge in [0.1, 0.15) is 11.6 Å². The first-order valence-electron chi connectivity index (χ1n) is 9.37. The van der Waals surface area contributed by atoms with Crippen LogP contribution >= 0.6 is 23.2 Å². The number of benzene rings is 1. The Kier molecular flexibility index (Phi) is 6.32. The molecule has 2 aromatic heterocycles. The maximum absolute atomic E-state index is 12.6. The fourth-order valence-electron chi connectivity index (χ4n) is 3.08. The zero-order valence-electron chi connectivity index (χ0n) is 15.9. The Labute approximate surface area is 184 Å². The summed E-state index contributed by atoms with van der Waals surface area (Å²) in [5.41, 5.74) is 1.83. The van der Waals surface area contributed by atoms with Crippen LogP contribution in [0.2, 0.25) is 10.0 Å². The van der Waals surface area contributed by atoms with Crippen molar-refractivity contribution in [3.63, 3.8) is 0 Å². The van der Waals surface area contributed by atoms with Gasteiger partial charge < -0.3 is 20.3 Å². The number of anilines is 4. The molecule has 0 atom stereocenters. The number of nitrogens with zero attached hydrogens (tertiary/aromatic N) is 3. The molecule has 0 radical (unpaired) electrons. The van der Waals surface area contributed by atoms with Crippen LogP contribution in [0.5, 0.6) is 0 Å². The van der Waals surface area contributed by atoms with Crippen LogP contribution in [0.4, 0.5) is 23.0 Å². The zero-order valence-corrected chi connectivity index (χ0v) is 17.5. The minimum atomic E-state index is -0.393. The highest BCUT2D eigenvalue weighted by molar-refractivity contribution is 6.40. The largest absolute Gasteiger partial charge is 0.378 e. The van der Waals surface area contributed by atoms with Gasteiger partial charge in [0.15, 0.2) is 0 Å². The lowest BCUT2D eigenvalue weighted by Crippen LogP contribution is -2.36. The number of aromatic nitrogens is 2. The monoisotopic (exact) mass is 443 g/mol. The maximum Gasteiger partial charge on any atom is 0.258 e. The zero-order chi connectivity index (χ0) is 20.9. The van der Waals surface area contributed by atoms with Gasteiger partial charge in [-0.3, -0.25) is 4.79 Å². The second-order valence-electron chi connectivity index (χ2n) is 6.61. The van der Waals surface area contributed by atoms with E-state index in [0.717, 1.165) is 32.0 Å². The Hall–Kier alpha value is -2.87. The molecule has 7 nitrogen and oxygen atoms in total. The van der Waals surface area contributed by atoms with Gasteiger partial charge in [0, 0.05) is 31.0 Å². The number of hydrogen-bond acceptors (Lipinski definition) is 6. The molecule has 0 spiro atoms. The summed E-state index contributed by atoms with van der Waals surface area (Å²) in [7, 11) is 0. The second kappa shape index (κ2) is 9.30. The summed E-state index contributed by atoms with van der Waals surface area (Å²) in [5.74, 6) is 0.803. The third-order valence-corrected chi connectivity index (χ3v) is 5.22. The lowest BCUT2D eigenvalue weighted by atomic mass is 10.2. The standard InChI is InChI=1S/C21H19Cl2N5O2/c22-16-2-1-3-17(23)20(16)21(29)26-14-6-7-24-19(12-14)27-18-5-4-15(13-25-18)28-8-10-30-11-9-28/h1-7,12-13H,8-11H2,(H2,24,25,26,27,29). The van der Waals surface area contributed by atoms with Crippen molar-refractivity contribution in [1.82, 2.24) is 9.97 Å². The molecule has 9 heteroatoms. The van der Waals surface area contributed by atoms with Crippen LogP contribution in [0.1, 0.15) is 10.4 Å². The molecule has 0 aliphatic carbocycles. The molecule has 0 saturated carbocycles. The third-order valence-electron chi connectivity index (χ3n) is 4.59. The summed E-state index contributed by atoms with van der Waals surface area (Å²) >= 11 is 12.2. The number of hydrogen-bond donors (Lipinski definition) is 2.